The van der Waals surface area contributed by atoms with E-state index in [-0.39, 0.29) is 23.3 Å². The first kappa shape index (κ1) is 18.5. The van der Waals surface area contributed by atoms with Crippen molar-refractivity contribution >= 4 is 11.9 Å². The summed E-state index contributed by atoms with van der Waals surface area (Å²) in [6.45, 7) is 1.39. The molecule has 0 aliphatic heterocycles. The van der Waals surface area contributed by atoms with E-state index in [0.29, 0.717) is 6.54 Å². The van der Waals surface area contributed by atoms with Gasteiger partial charge in [-0.2, -0.15) is 0 Å². The van der Waals surface area contributed by atoms with E-state index in [4.69, 9.17) is 9.84 Å². The maximum Gasteiger partial charge on any atom is 0.335 e. The Labute approximate surface area is 143 Å². The second kappa shape index (κ2) is 8.83. The molecule has 1 amide bonds. The van der Waals surface area contributed by atoms with E-state index in [1.807, 2.05) is 0 Å². The molecule has 0 heterocycles. The van der Waals surface area contributed by atoms with Crippen LogP contribution in [0.15, 0.2) is 24.3 Å². The Kier molecular flexibility index (Phi) is 6.79. The summed E-state index contributed by atoms with van der Waals surface area (Å²) >= 11 is 0. The number of carbonyl (C=O) groups excluding carboxylic acids is 1. The van der Waals surface area contributed by atoms with Crippen molar-refractivity contribution in [3.8, 4) is 0 Å². The van der Waals surface area contributed by atoms with Crippen LogP contribution in [0.2, 0.25) is 0 Å². The summed E-state index contributed by atoms with van der Waals surface area (Å²) < 4.78 is 5.24. The van der Waals surface area contributed by atoms with Crippen molar-refractivity contribution in [2.45, 2.75) is 44.9 Å². The first-order valence-electron chi connectivity index (χ1n) is 8.63. The summed E-state index contributed by atoms with van der Waals surface area (Å²) in [4.78, 5) is 23.3. The first-order valence-corrected chi connectivity index (χ1v) is 8.63. The van der Waals surface area contributed by atoms with Crippen LogP contribution in [0.4, 0.5) is 0 Å². The highest BCUT2D eigenvalue weighted by Gasteiger charge is 2.32. The number of benzene rings is 1. The number of aromatic carboxylic acids is 1. The molecule has 1 saturated carbocycles. The first-order chi connectivity index (χ1) is 11.5. The van der Waals surface area contributed by atoms with E-state index in [9.17, 15) is 9.59 Å². The summed E-state index contributed by atoms with van der Waals surface area (Å²) in [6.07, 6.45) is 7.13. The number of carboxylic acids is 1. The molecule has 2 N–H and O–H groups in total. The quantitative estimate of drug-likeness (QED) is 0.767. The molecule has 0 atom stereocenters. The average molecular weight is 333 g/mol. The number of carboxylic acid groups (broad SMARTS) is 1. The maximum absolute atomic E-state index is 12.3. The molecule has 132 valence electrons. The number of rotatable bonds is 8. The van der Waals surface area contributed by atoms with Crippen molar-refractivity contribution in [2.75, 3.05) is 20.3 Å². The minimum Gasteiger partial charge on any atom is -0.478 e. The van der Waals surface area contributed by atoms with Crippen LogP contribution in [-0.4, -0.2) is 37.2 Å². The number of hydrogen-bond acceptors (Lipinski definition) is 3. The molecule has 1 aromatic carbocycles. The lowest BCUT2D eigenvalue weighted by Crippen LogP contribution is -2.40. The van der Waals surface area contributed by atoms with Crippen molar-refractivity contribution < 1.29 is 19.4 Å². The number of hydrogen-bond donors (Lipinski definition) is 2. The van der Waals surface area contributed by atoms with Crippen molar-refractivity contribution in [3.63, 3.8) is 0 Å². The number of ether oxygens (including phenoxy) is 1. The molecule has 1 aliphatic rings. The molecule has 2 rings (SSSR count). The summed E-state index contributed by atoms with van der Waals surface area (Å²) in [7, 11) is 1.71. The van der Waals surface area contributed by atoms with Crippen LogP contribution in [0.3, 0.4) is 0 Å². The highest BCUT2D eigenvalue weighted by Crippen LogP contribution is 2.38. The molecular weight excluding hydrogens is 306 g/mol. The van der Waals surface area contributed by atoms with Gasteiger partial charge in [-0.15, -0.1) is 0 Å². The predicted octanol–water partition coefficient (Wildman–Crippen LogP) is 3.03. The molecule has 0 saturated heterocycles. The molecule has 1 aliphatic carbocycles. The summed E-state index contributed by atoms with van der Waals surface area (Å²) in [5.41, 5.74) is 1.08. The highest BCUT2D eigenvalue weighted by atomic mass is 16.5. The number of methoxy groups -OCH3 is 1. The summed E-state index contributed by atoms with van der Waals surface area (Å²) in [6, 6.07) is 6.55. The molecular formula is C19H27NO4. The topological polar surface area (TPSA) is 75.6 Å². The Morgan fingerprint density at radius 3 is 2.67 bits per heavy atom. The second-order valence-electron chi connectivity index (χ2n) is 6.76. The van der Waals surface area contributed by atoms with Crippen LogP contribution >= 0.6 is 0 Å². The van der Waals surface area contributed by atoms with Crippen LogP contribution in [0, 0.1) is 5.41 Å². The van der Waals surface area contributed by atoms with E-state index in [2.05, 4.69) is 5.32 Å². The molecule has 0 unspecified atom stereocenters. The Bertz CT molecular complexity index is 564. The number of carbonyl (C=O) groups is 2. The molecule has 24 heavy (non-hydrogen) atoms. The van der Waals surface area contributed by atoms with Gasteiger partial charge in [0, 0.05) is 20.3 Å². The van der Waals surface area contributed by atoms with Gasteiger partial charge in [0.2, 0.25) is 5.91 Å². The molecule has 1 fully saturated rings. The maximum atomic E-state index is 12.3. The summed E-state index contributed by atoms with van der Waals surface area (Å²) in [5, 5.41) is 12.1. The molecule has 0 radical (unpaired) electrons. The van der Waals surface area contributed by atoms with E-state index in [0.717, 1.165) is 31.4 Å². The standard InChI is InChI=1S/C19H27NO4/c1-24-11-10-19(8-3-2-4-9-19)14-20-17(21)13-15-6-5-7-16(12-15)18(22)23/h5-7,12H,2-4,8-11,13-14H2,1H3,(H,20,21)(H,22,23). The molecule has 0 aromatic heterocycles. The van der Waals surface area contributed by atoms with Gasteiger partial charge in [0.05, 0.1) is 12.0 Å². The van der Waals surface area contributed by atoms with Crippen molar-refractivity contribution in [1.29, 1.82) is 0 Å². The second-order valence-corrected chi connectivity index (χ2v) is 6.76. The third-order valence-corrected chi connectivity index (χ3v) is 4.95. The zero-order valence-electron chi connectivity index (χ0n) is 14.3. The molecule has 0 spiro atoms. The predicted molar refractivity (Wildman–Crippen MR) is 92.1 cm³/mol. The zero-order chi connectivity index (χ0) is 17.4. The monoisotopic (exact) mass is 333 g/mol. The third-order valence-electron chi connectivity index (χ3n) is 4.95. The Morgan fingerprint density at radius 2 is 2.00 bits per heavy atom. The molecule has 1 aromatic rings. The van der Waals surface area contributed by atoms with Crippen LogP contribution in [0.1, 0.15) is 54.4 Å². The fourth-order valence-electron chi connectivity index (χ4n) is 3.48. The Balaban J connectivity index is 1.91. The van der Waals surface area contributed by atoms with Gasteiger partial charge in [0.15, 0.2) is 0 Å². The van der Waals surface area contributed by atoms with Crippen LogP contribution in [-0.2, 0) is 16.0 Å². The largest absolute Gasteiger partial charge is 0.478 e. The van der Waals surface area contributed by atoms with Crippen LogP contribution < -0.4 is 5.32 Å². The van der Waals surface area contributed by atoms with Crippen molar-refractivity contribution in [2.24, 2.45) is 5.41 Å². The van der Waals surface area contributed by atoms with Gasteiger partial charge in [-0.3, -0.25) is 4.79 Å². The van der Waals surface area contributed by atoms with Gasteiger partial charge in [0.1, 0.15) is 0 Å². The average Bonchev–Trinajstić information content (AvgIpc) is 2.59. The smallest absolute Gasteiger partial charge is 0.335 e. The van der Waals surface area contributed by atoms with Crippen molar-refractivity contribution in [1.82, 2.24) is 5.32 Å². The van der Waals surface area contributed by atoms with E-state index in [1.54, 1.807) is 25.3 Å². The highest BCUT2D eigenvalue weighted by molar-refractivity contribution is 5.88. The van der Waals surface area contributed by atoms with Gasteiger partial charge < -0.3 is 15.2 Å². The van der Waals surface area contributed by atoms with Crippen molar-refractivity contribution in [3.05, 3.63) is 35.4 Å². The van der Waals surface area contributed by atoms with Gasteiger partial charge in [0.25, 0.3) is 0 Å². The Hall–Kier alpha value is -1.88. The van der Waals surface area contributed by atoms with Gasteiger partial charge in [-0.05, 0) is 42.4 Å². The minimum absolute atomic E-state index is 0.0556. The Morgan fingerprint density at radius 1 is 1.25 bits per heavy atom. The minimum atomic E-state index is -0.974. The number of amides is 1. The van der Waals surface area contributed by atoms with E-state index < -0.39 is 5.97 Å². The SMILES string of the molecule is COCCC1(CNC(=O)Cc2cccc(C(=O)O)c2)CCCCC1. The van der Waals surface area contributed by atoms with Gasteiger partial charge in [-0.1, -0.05) is 31.4 Å². The normalized spacial score (nSPS) is 16.5. The van der Waals surface area contributed by atoms with Crippen LogP contribution in [0.25, 0.3) is 0 Å². The lowest BCUT2D eigenvalue weighted by atomic mass is 9.72. The van der Waals surface area contributed by atoms with E-state index in [1.165, 1.54) is 25.3 Å². The van der Waals surface area contributed by atoms with Gasteiger partial charge >= 0.3 is 5.97 Å². The molecule has 0 bridgehead atoms. The van der Waals surface area contributed by atoms with Crippen LogP contribution in [0.5, 0.6) is 0 Å². The fourth-order valence-corrected chi connectivity index (χ4v) is 3.48. The van der Waals surface area contributed by atoms with Gasteiger partial charge in [-0.25, -0.2) is 4.79 Å². The number of nitrogens with one attached hydrogen (secondary N) is 1. The molecule has 5 heteroatoms. The summed E-state index contributed by atoms with van der Waals surface area (Å²) in [5.74, 6) is -1.03. The molecule has 5 nitrogen and oxygen atoms in total. The third kappa shape index (κ3) is 5.34. The lowest BCUT2D eigenvalue weighted by Gasteiger charge is -2.37. The zero-order valence-corrected chi connectivity index (χ0v) is 14.3. The fraction of sp³-hybridized carbons (Fsp3) is 0.579. The van der Waals surface area contributed by atoms with E-state index >= 15 is 0 Å². The lowest BCUT2D eigenvalue weighted by molar-refractivity contribution is -0.121.